The molecule has 0 bridgehead atoms. The van der Waals surface area contributed by atoms with Crippen LogP contribution in [0.25, 0.3) is 0 Å². The van der Waals surface area contributed by atoms with Gasteiger partial charge in [0.15, 0.2) is 0 Å². The molecule has 0 fully saturated rings. The molecule has 0 aliphatic rings. The first-order chi connectivity index (χ1) is 8.06. The average Bonchev–Trinajstić information content (AvgIpc) is 2.28. The molecule has 3 heteroatoms. The minimum atomic E-state index is 0.239. The Labute approximate surface area is 103 Å². The number of benzene rings is 1. The lowest BCUT2D eigenvalue weighted by atomic mass is 9.96. The summed E-state index contributed by atoms with van der Waals surface area (Å²) < 4.78 is 5.30. The van der Waals surface area contributed by atoms with E-state index >= 15 is 0 Å². The standard InChI is InChI=1S/C14H21NO2/c1-11(5-6-16)13-7-12(10-15(2)3)8-14(9-13)17-4/h6-9,11H,5,10H2,1-4H3. The maximum absolute atomic E-state index is 10.6. The Morgan fingerprint density at radius 2 is 2.06 bits per heavy atom. The smallest absolute Gasteiger partial charge is 0.120 e. The monoisotopic (exact) mass is 235 g/mol. The van der Waals surface area contributed by atoms with Gasteiger partial charge < -0.3 is 14.4 Å². The maximum atomic E-state index is 10.6. The zero-order valence-corrected chi connectivity index (χ0v) is 11.1. The molecule has 0 saturated carbocycles. The Hall–Kier alpha value is -1.35. The molecule has 0 aliphatic heterocycles. The van der Waals surface area contributed by atoms with Crippen molar-refractivity contribution in [1.29, 1.82) is 0 Å². The van der Waals surface area contributed by atoms with Crippen LogP contribution in [0.4, 0.5) is 0 Å². The van der Waals surface area contributed by atoms with Crippen LogP contribution in [0.5, 0.6) is 5.75 Å². The minimum absolute atomic E-state index is 0.239. The number of aldehydes is 1. The fourth-order valence-corrected chi connectivity index (χ4v) is 1.83. The summed E-state index contributed by atoms with van der Waals surface area (Å²) in [5.74, 6) is 1.10. The summed E-state index contributed by atoms with van der Waals surface area (Å²) in [7, 11) is 5.74. The van der Waals surface area contributed by atoms with Crippen molar-refractivity contribution in [1.82, 2.24) is 4.90 Å². The number of nitrogens with zero attached hydrogens (tertiary/aromatic N) is 1. The maximum Gasteiger partial charge on any atom is 0.120 e. The third-order valence-electron chi connectivity index (χ3n) is 2.74. The van der Waals surface area contributed by atoms with Gasteiger partial charge in [0, 0.05) is 13.0 Å². The molecule has 1 atom stereocenters. The van der Waals surface area contributed by atoms with E-state index in [2.05, 4.69) is 17.9 Å². The van der Waals surface area contributed by atoms with E-state index in [4.69, 9.17) is 4.74 Å². The first-order valence-electron chi connectivity index (χ1n) is 5.83. The van der Waals surface area contributed by atoms with Crippen LogP contribution in [0.2, 0.25) is 0 Å². The van der Waals surface area contributed by atoms with Crippen LogP contribution in [-0.2, 0) is 11.3 Å². The Morgan fingerprint density at radius 1 is 1.35 bits per heavy atom. The van der Waals surface area contributed by atoms with Gasteiger partial charge in [-0.3, -0.25) is 0 Å². The van der Waals surface area contributed by atoms with E-state index in [0.717, 1.165) is 24.1 Å². The number of hydrogen-bond donors (Lipinski definition) is 0. The molecule has 0 radical (unpaired) electrons. The summed E-state index contributed by atoms with van der Waals surface area (Å²) in [5.41, 5.74) is 2.37. The van der Waals surface area contributed by atoms with E-state index in [1.54, 1.807) is 7.11 Å². The molecule has 0 saturated heterocycles. The summed E-state index contributed by atoms with van der Waals surface area (Å²) in [4.78, 5) is 12.7. The third kappa shape index (κ3) is 4.19. The van der Waals surface area contributed by atoms with Gasteiger partial charge in [0.1, 0.15) is 12.0 Å². The van der Waals surface area contributed by atoms with Gasteiger partial charge in [0.2, 0.25) is 0 Å². The van der Waals surface area contributed by atoms with Crippen LogP contribution < -0.4 is 4.74 Å². The van der Waals surface area contributed by atoms with Gasteiger partial charge in [-0.1, -0.05) is 13.0 Å². The van der Waals surface area contributed by atoms with Gasteiger partial charge in [0.05, 0.1) is 7.11 Å². The molecule has 0 aromatic heterocycles. The molecule has 94 valence electrons. The summed E-state index contributed by atoms with van der Waals surface area (Å²) in [6, 6.07) is 6.20. The molecule has 1 unspecified atom stereocenters. The van der Waals surface area contributed by atoms with E-state index in [9.17, 15) is 4.79 Å². The second-order valence-electron chi connectivity index (χ2n) is 4.66. The highest BCUT2D eigenvalue weighted by molar-refractivity contribution is 5.52. The molecule has 1 aromatic carbocycles. The van der Waals surface area contributed by atoms with E-state index in [1.165, 1.54) is 5.56 Å². The largest absolute Gasteiger partial charge is 0.497 e. The van der Waals surface area contributed by atoms with Crippen LogP contribution in [-0.4, -0.2) is 32.4 Å². The van der Waals surface area contributed by atoms with Gasteiger partial charge in [0.25, 0.3) is 0 Å². The summed E-state index contributed by atoms with van der Waals surface area (Å²) >= 11 is 0. The lowest BCUT2D eigenvalue weighted by Crippen LogP contribution is -2.11. The topological polar surface area (TPSA) is 29.5 Å². The molecular formula is C14H21NO2. The summed E-state index contributed by atoms with van der Waals surface area (Å²) in [6.07, 6.45) is 1.52. The lowest BCUT2D eigenvalue weighted by Gasteiger charge is -2.15. The Bertz CT molecular complexity index is 374. The number of hydrogen-bond acceptors (Lipinski definition) is 3. The van der Waals surface area contributed by atoms with Crippen LogP contribution in [0.1, 0.15) is 30.4 Å². The van der Waals surface area contributed by atoms with Crippen LogP contribution in [0.15, 0.2) is 18.2 Å². The Morgan fingerprint density at radius 3 is 2.59 bits per heavy atom. The van der Waals surface area contributed by atoms with Gasteiger partial charge in [-0.05, 0) is 43.3 Å². The lowest BCUT2D eigenvalue weighted by molar-refractivity contribution is -0.108. The minimum Gasteiger partial charge on any atom is -0.497 e. The number of carbonyl (C=O) groups is 1. The first-order valence-corrected chi connectivity index (χ1v) is 5.83. The summed E-state index contributed by atoms with van der Waals surface area (Å²) in [6.45, 7) is 2.93. The molecule has 3 nitrogen and oxygen atoms in total. The van der Waals surface area contributed by atoms with Crippen molar-refractivity contribution in [3.63, 3.8) is 0 Å². The molecule has 17 heavy (non-hydrogen) atoms. The van der Waals surface area contributed by atoms with Crippen LogP contribution >= 0.6 is 0 Å². The van der Waals surface area contributed by atoms with Crippen molar-refractivity contribution >= 4 is 6.29 Å². The number of methoxy groups -OCH3 is 1. The van der Waals surface area contributed by atoms with Crippen molar-refractivity contribution in [2.45, 2.75) is 25.8 Å². The fraction of sp³-hybridized carbons (Fsp3) is 0.500. The highest BCUT2D eigenvalue weighted by Crippen LogP contribution is 2.25. The third-order valence-corrected chi connectivity index (χ3v) is 2.74. The molecule has 1 aromatic rings. The number of rotatable bonds is 6. The first kappa shape index (κ1) is 13.7. The predicted octanol–water partition coefficient (Wildman–Crippen LogP) is 2.45. The Balaban J connectivity index is 2.99. The highest BCUT2D eigenvalue weighted by Gasteiger charge is 2.09. The van der Waals surface area contributed by atoms with Crippen molar-refractivity contribution < 1.29 is 9.53 Å². The van der Waals surface area contributed by atoms with Crippen molar-refractivity contribution in [2.75, 3.05) is 21.2 Å². The molecule has 0 spiro atoms. The quantitative estimate of drug-likeness (QED) is 0.709. The van der Waals surface area contributed by atoms with Crippen LogP contribution in [0.3, 0.4) is 0 Å². The van der Waals surface area contributed by atoms with Gasteiger partial charge >= 0.3 is 0 Å². The second kappa shape index (κ2) is 6.40. The molecule has 0 heterocycles. The summed E-state index contributed by atoms with van der Waals surface area (Å²) in [5, 5.41) is 0. The molecule has 0 N–H and O–H groups in total. The van der Waals surface area contributed by atoms with Crippen molar-refractivity contribution in [3.05, 3.63) is 29.3 Å². The zero-order chi connectivity index (χ0) is 12.8. The fourth-order valence-electron chi connectivity index (χ4n) is 1.83. The van der Waals surface area contributed by atoms with E-state index in [0.29, 0.717) is 6.42 Å². The van der Waals surface area contributed by atoms with E-state index < -0.39 is 0 Å². The SMILES string of the molecule is COc1cc(CN(C)C)cc(C(C)CC=O)c1. The van der Waals surface area contributed by atoms with E-state index in [-0.39, 0.29) is 5.92 Å². The zero-order valence-electron chi connectivity index (χ0n) is 11.1. The van der Waals surface area contributed by atoms with Gasteiger partial charge in [-0.15, -0.1) is 0 Å². The number of carbonyl (C=O) groups excluding carboxylic acids is 1. The van der Waals surface area contributed by atoms with Crippen molar-refractivity contribution in [2.24, 2.45) is 0 Å². The van der Waals surface area contributed by atoms with Gasteiger partial charge in [-0.25, -0.2) is 0 Å². The number of ether oxygens (including phenoxy) is 1. The molecule has 1 rings (SSSR count). The Kier molecular flexibility index (Phi) is 5.16. The van der Waals surface area contributed by atoms with Crippen molar-refractivity contribution in [3.8, 4) is 5.75 Å². The molecule has 0 aliphatic carbocycles. The predicted molar refractivity (Wildman–Crippen MR) is 69.5 cm³/mol. The van der Waals surface area contributed by atoms with E-state index in [1.807, 2.05) is 26.2 Å². The molecular weight excluding hydrogens is 214 g/mol. The second-order valence-corrected chi connectivity index (χ2v) is 4.66. The highest BCUT2D eigenvalue weighted by atomic mass is 16.5. The normalized spacial score (nSPS) is 12.5. The molecule has 0 amide bonds. The van der Waals surface area contributed by atoms with Crippen LogP contribution in [0, 0.1) is 0 Å². The van der Waals surface area contributed by atoms with Gasteiger partial charge in [-0.2, -0.15) is 0 Å². The average molecular weight is 235 g/mol.